The van der Waals surface area contributed by atoms with Gasteiger partial charge in [0.15, 0.2) is 0 Å². The molecule has 1 saturated heterocycles. The maximum Gasteiger partial charge on any atom is 0.410 e. The van der Waals surface area contributed by atoms with Crippen LogP contribution in [0.2, 0.25) is 0 Å². The number of aromatic nitrogens is 3. The summed E-state index contributed by atoms with van der Waals surface area (Å²) in [6.07, 6.45) is 9.06. The highest BCUT2D eigenvalue weighted by Crippen LogP contribution is 2.55. The van der Waals surface area contributed by atoms with E-state index in [4.69, 9.17) is 20.2 Å². The van der Waals surface area contributed by atoms with Crippen molar-refractivity contribution in [1.82, 2.24) is 19.5 Å². The zero-order chi connectivity index (χ0) is 23.1. The number of allylic oxidation sites excluding steroid dienone is 1. The molecule has 9 nitrogen and oxygen atoms in total. The normalized spacial score (nSPS) is 26.2. The summed E-state index contributed by atoms with van der Waals surface area (Å²) in [4.78, 5) is 23.1. The van der Waals surface area contributed by atoms with Crippen LogP contribution < -0.4 is 10.5 Å². The van der Waals surface area contributed by atoms with Crippen molar-refractivity contribution < 1.29 is 14.3 Å². The second kappa shape index (κ2) is 7.79. The van der Waals surface area contributed by atoms with E-state index in [0.29, 0.717) is 30.2 Å². The van der Waals surface area contributed by atoms with Gasteiger partial charge in [0.2, 0.25) is 5.88 Å². The molecule has 1 amide bonds. The number of nitrogens with two attached hydrogens (primary N) is 1. The molecule has 0 atom stereocenters. The second-order valence-electron chi connectivity index (χ2n) is 10.2. The Hall–Kier alpha value is -3.10. The summed E-state index contributed by atoms with van der Waals surface area (Å²) >= 11 is 0. The lowest BCUT2D eigenvalue weighted by Gasteiger charge is -2.52. The molecule has 3 heterocycles. The molecule has 2 fully saturated rings. The first-order valence-electron chi connectivity index (χ1n) is 10.9. The van der Waals surface area contributed by atoms with Crippen molar-refractivity contribution in [2.45, 2.75) is 58.2 Å². The molecular formula is C23H32N6O3. The molecule has 172 valence electrons. The highest BCUT2D eigenvalue weighted by Gasteiger charge is 2.57. The number of nitrogens with zero attached hydrogens (tertiary/aromatic N) is 5. The summed E-state index contributed by atoms with van der Waals surface area (Å²) in [5.41, 5.74) is 7.10. The quantitative estimate of drug-likeness (QED) is 0.731. The van der Waals surface area contributed by atoms with Crippen molar-refractivity contribution in [3.8, 4) is 5.88 Å². The van der Waals surface area contributed by atoms with Crippen LogP contribution in [0.4, 0.5) is 4.79 Å². The van der Waals surface area contributed by atoms with E-state index in [2.05, 4.69) is 17.0 Å². The number of amides is 1. The molecule has 9 heteroatoms. The fourth-order valence-electron chi connectivity index (χ4n) is 4.99. The predicted octanol–water partition coefficient (Wildman–Crippen LogP) is 3.29. The maximum atomic E-state index is 12.5. The molecule has 0 bridgehead atoms. The van der Waals surface area contributed by atoms with Crippen LogP contribution in [0.3, 0.4) is 0 Å². The highest BCUT2D eigenvalue weighted by molar-refractivity contribution is 6.08. The molecule has 1 spiro atoms. The Morgan fingerprint density at radius 3 is 2.75 bits per heavy atom. The molecule has 1 aliphatic carbocycles. The molecule has 0 unspecified atom stereocenters. The molecule has 4 rings (SSSR count). The van der Waals surface area contributed by atoms with E-state index >= 15 is 0 Å². The van der Waals surface area contributed by atoms with Gasteiger partial charge in [0, 0.05) is 38.1 Å². The van der Waals surface area contributed by atoms with Crippen LogP contribution in [0, 0.1) is 5.41 Å². The number of carbonyl (C=O) groups is 1. The maximum absolute atomic E-state index is 12.5. The Morgan fingerprint density at radius 2 is 2.09 bits per heavy atom. The van der Waals surface area contributed by atoms with Crippen LogP contribution in [-0.4, -0.2) is 63.1 Å². The first-order valence-corrected chi connectivity index (χ1v) is 10.9. The minimum Gasteiger partial charge on any atom is -0.470 e. The Kier molecular flexibility index (Phi) is 5.38. The Balaban J connectivity index is 1.49. The van der Waals surface area contributed by atoms with Crippen molar-refractivity contribution in [2.75, 3.05) is 20.1 Å². The predicted molar refractivity (Wildman–Crippen MR) is 123 cm³/mol. The molecule has 2 aromatic heterocycles. The zero-order valence-corrected chi connectivity index (χ0v) is 19.5. The summed E-state index contributed by atoms with van der Waals surface area (Å²) in [5, 5.41) is 4.35. The van der Waals surface area contributed by atoms with Crippen LogP contribution in [0.25, 0.3) is 11.1 Å². The van der Waals surface area contributed by atoms with Gasteiger partial charge in [-0.1, -0.05) is 0 Å². The van der Waals surface area contributed by atoms with E-state index in [9.17, 15) is 4.79 Å². The van der Waals surface area contributed by atoms with Gasteiger partial charge in [-0.15, -0.1) is 0 Å². The van der Waals surface area contributed by atoms with Gasteiger partial charge < -0.3 is 20.1 Å². The van der Waals surface area contributed by atoms with Crippen molar-refractivity contribution in [1.29, 1.82) is 0 Å². The van der Waals surface area contributed by atoms with Crippen molar-refractivity contribution in [3.63, 3.8) is 0 Å². The fraction of sp³-hybridized carbons (Fsp3) is 0.565. The third kappa shape index (κ3) is 4.28. The fourth-order valence-corrected chi connectivity index (χ4v) is 4.99. The van der Waals surface area contributed by atoms with Crippen LogP contribution in [0.15, 0.2) is 29.7 Å². The van der Waals surface area contributed by atoms with Gasteiger partial charge in [0.1, 0.15) is 16.7 Å². The molecule has 2 N–H and O–H groups in total. The van der Waals surface area contributed by atoms with Crippen molar-refractivity contribution in [3.05, 3.63) is 30.4 Å². The lowest BCUT2D eigenvalue weighted by atomic mass is 9.59. The third-order valence-electron chi connectivity index (χ3n) is 6.03. The van der Waals surface area contributed by atoms with Gasteiger partial charge in [-0.3, -0.25) is 4.99 Å². The van der Waals surface area contributed by atoms with E-state index in [1.807, 2.05) is 37.9 Å². The van der Waals surface area contributed by atoms with E-state index in [0.717, 1.165) is 24.8 Å². The number of fused-ring (bicyclic) bond motifs is 1. The van der Waals surface area contributed by atoms with Gasteiger partial charge in [-0.25, -0.2) is 14.3 Å². The third-order valence-corrected chi connectivity index (χ3v) is 6.03. The molecule has 1 aliphatic heterocycles. The molecule has 2 aromatic rings. The zero-order valence-electron chi connectivity index (χ0n) is 19.5. The topological polar surface area (TPSA) is 107 Å². The van der Waals surface area contributed by atoms with Gasteiger partial charge in [-0.05, 0) is 58.4 Å². The van der Waals surface area contributed by atoms with Crippen LogP contribution in [0.1, 0.15) is 52.7 Å². The number of hydrogen-bond donors (Lipinski definition) is 1. The largest absolute Gasteiger partial charge is 0.470 e. The molecule has 0 aromatic carbocycles. The number of rotatable bonds is 4. The van der Waals surface area contributed by atoms with Crippen LogP contribution in [-0.2, 0) is 4.74 Å². The lowest BCUT2D eigenvalue weighted by molar-refractivity contribution is -0.0915. The smallest absolute Gasteiger partial charge is 0.410 e. The standard InChI is InChI=1S/C23H32N6O3/c1-21(2,3)32-20(30)28-9-7-23(15-28)13-22(4,14-23)31-19-18-6-8-26-29(18)12-17(27-19)16(10-24)11-25-5/h6,8,10-12H,7,9,13-15,24H2,1-5H3. The SMILES string of the molecule is CN=CC(=CN)c1cn2nccc2c(OC2(C)CC3(CCN(C(=O)OC(C)(C)C)C3)C2)n1. The number of aliphatic imine (C=N–C) groups is 1. The number of likely N-dealkylation sites (tertiary alicyclic amines) is 1. The minimum absolute atomic E-state index is 0.0665. The first-order chi connectivity index (χ1) is 15.1. The Morgan fingerprint density at radius 1 is 1.34 bits per heavy atom. The first kappa shape index (κ1) is 22.1. The van der Waals surface area contributed by atoms with Gasteiger partial charge in [0.25, 0.3) is 0 Å². The van der Waals surface area contributed by atoms with Crippen molar-refractivity contribution in [2.24, 2.45) is 16.1 Å². The summed E-state index contributed by atoms with van der Waals surface area (Å²) < 4.78 is 13.8. The van der Waals surface area contributed by atoms with E-state index in [1.54, 1.807) is 24.0 Å². The van der Waals surface area contributed by atoms with Crippen molar-refractivity contribution >= 4 is 23.4 Å². The van der Waals surface area contributed by atoms with Crippen LogP contribution >= 0.6 is 0 Å². The average Bonchev–Trinajstić information content (AvgIpc) is 3.31. The van der Waals surface area contributed by atoms with Crippen LogP contribution in [0.5, 0.6) is 5.88 Å². The lowest BCUT2D eigenvalue weighted by Crippen LogP contribution is -2.55. The van der Waals surface area contributed by atoms with E-state index in [-0.39, 0.29) is 17.1 Å². The summed E-state index contributed by atoms with van der Waals surface area (Å²) in [7, 11) is 1.68. The summed E-state index contributed by atoms with van der Waals surface area (Å²) in [6, 6.07) is 1.88. The molecule has 2 aliphatic rings. The molecular weight excluding hydrogens is 408 g/mol. The highest BCUT2D eigenvalue weighted by atomic mass is 16.6. The van der Waals surface area contributed by atoms with E-state index in [1.165, 1.54) is 6.20 Å². The summed E-state index contributed by atoms with van der Waals surface area (Å²) in [6.45, 7) is 9.18. The number of ether oxygens (including phenoxy) is 2. The summed E-state index contributed by atoms with van der Waals surface area (Å²) in [5.74, 6) is 0.517. The molecule has 0 radical (unpaired) electrons. The van der Waals surface area contributed by atoms with E-state index < -0.39 is 5.60 Å². The van der Waals surface area contributed by atoms with Gasteiger partial charge in [0.05, 0.1) is 18.1 Å². The van der Waals surface area contributed by atoms with Gasteiger partial charge >= 0.3 is 6.09 Å². The Bertz CT molecular complexity index is 1080. The minimum atomic E-state index is -0.489. The second-order valence-corrected chi connectivity index (χ2v) is 10.2. The average molecular weight is 441 g/mol. The molecule has 32 heavy (non-hydrogen) atoms. The number of carbonyl (C=O) groups excluding carboxylic acids is 1. The molecule has 1 saturated carbocycles. The van der Waals surface area contributed by atoms with Gasteiger partial charge in [-0.2, -0.15) is 5.10 Å². The number of hydrogen-bond acceptors (Lipinski definition) is 7. The Labute approximate surface area is 188 Å². The monoisotopic (exact) mass is 440 g/mol.